The zero-order valence-corrected chi connectivity index (χ0v) is 12.4. The Morgan fingerprint density at radius 1 is 1.04 bits per heavy atom. The van der Waals surface area contributed by atoms with Gasteiger partial charge < -0.3 is 5.11 Å². The first-order valence-electron chi connectivity index (χ1n) is 7.20. The van der Waals surface area contributed by atoms with E-state index in [-0.39, 0.29) is 11.5 Å². The van der Waals surface area contributed by atoms with Crippen LogP contribution in [0.25, 0.3) is 16.6 Å². The zero-order valence-electron chi connectivity index (χ0n) is 12.4. The largest absolute Gasteiger partial charge is 0.476 e. The second-order valence-electron chi connectivity index (χ2n) is 5.07. The summed E-state index contributed by atoms with van der Waals surface area (Å²) < 4.78 is 1.59. The second kappa shape index (κ2) is 5.54. The highest BCUT2D eigenvalue weighted by Crippen LogP contribution is 2.27. The number of carboxylic acids is 1. The number of hydrogen-bond donors (Lipinski definition) is 1. The molecule has 0 atom stereocenters. The first kappa shape index (κ1) is 14.0. The summed E-state index contributed by atoms with van der Waals surface area (Å²) in [6, 6.07) is 14.6. The number of para-hydroxylation sites is 1. The number of carbonyl (C=O) groups is 1. The van der Waals surface area contributed by atoms with Crippen molar-refractivity contribution in [3.05, 3.63) is 66.6 Å². The van der Waals surface area contributed by atoms with Crippen LogP contribution in [0.1, 0.15) is 10.5 Å². The highest BCUT2D eigenvalue weighted by atomic mass is 16.4. The Bertz CT molecular complexity index is 1100. The minimum atomic E-state index is -1.15. The van der Waals surface area contributed by atoms with Gasteiger partial charge in [-0.15, -0.1) is 10.2 Å². The van der Waals surface area contributed by atoms with E-state index in [0.717, 1.165) is 5.39 Å². The molecule has 116 valence electrons. The van der Waals surface area contributed by atoms with Crippen LogP contribution in [0.2, 0.25) is 0 Å². The number of aromatic carboxylic acids is 1. The van der Waals surface area contributed by atoms with Crippen molar-refractivity contribution in [3.63, 3.8) is 0 Å². The molecule has 0 saturated heterocycles. The average Bonchev–Trinajstić information content (AvgIpc) is 2.99. The summed E-state index contributed by atoms with van der Waals surface area (Å²) in [5.74, 6) is -0.977. The number of fused-ring (bicyclic) bond motifs is 2. The van der Waals surface area contributed by atoms with Gasteiger partial charge in [-0.1, -0.05) is 24.3 Å². The van der Waals surface area contributed by atoms with Crippen LogP contribution in [0.4, 0.5) is 11.5 Å². The molecule has 4 rings (SSSR count). The van der Waals surface area contributed by atoms with Crippen LogP contribution in [-0.4, -0.2) is 25.4 Å². The molecule has 0 fully saturated rings. The van der Waals surface area contributed by atoms with Gasteiger partial charge in [0.25, 0.3) is 0 Å². The number of azo groups is 1. The third-order valence-electron chi connectivity index (χ3n) is 3.57. The number of hydrogen-bond acceptors (Lipinski definition) is 5. The summed E-state index contributed by atoms with van der Waals surface area (Å²) in [4.78, 5) is 19.8. The maximum atomic E-state index is 11.4. The van der Waals surface area contributed by atoms with E-state index >= 15 is 0 Å². The van der Waals surface area contributed by atoms with E-state index in [0.29, 0.717) is 16.9 Å². The zero-order chi connectivity index (χ0) is 16.5. The van der Waals surface area contributed by atoms with Gasteiger partial charge in [-0.05, 0) is 24.3 Å². The molecule has 0 radical (unpaired) electrons. The third-order valence-corrected chi connectivity index (χ3v) is 3.57. The molecular weight excluding hydrogens is 306 g/mol. The molecule has 0 amide bonds. The summed E-state index contributed by atoms with van der Waals surface area (Å²) in [6.07, 6.45) is 3.38. The van der Waals surface area contributed by atoms with Crippen LogP contribution >= 0.6 is 0 Å². The molecule has 0 aliphatic rings. The number of aromatic nitrogens is 3. The Morgan fingerprint density at radius 2 is 1.92 bits per heavy atom. The highest BCUT2D eigenvalue weighted by molar-refractivity contribution is 5.92. The van der Waals surface area contributed by atoms with Crippen LogP contribution < -0.4 is 0 Å². The molecule has 1 N–H and O–H groups in total. The Morgan fingerprint density at radius 3 is 2.79 bits per heavy atom. The summed E-state index contributed by atoms with van der Waals surface area (Å²) in [5.41, 5.74) is 1.63. The second-order valence-corrected chi connectivity index (χ2v) is 5.07. The fourth-order valence-electron chi connectivity index (χ4n) is 2.49. The standard InChI is InChI=1S/C17H11N5O2/c23-17(24)15-16(22-10-2-1-8-13(22)19-15)21-20-12-7-3-5-11-6-4-9-18-14(11)12/h1-10H,(H,23,24). The van der Waals surface area contributed by atoms with Crippen LogP contribution in [0, 0.1) is 0 Å². The quantitative estimate of drug-likeness (QED) is 0.578. The average molecular weight is 317 g/mol. The van der Waals surface area contributed by atoms with Crippen LogP contribution in [0.5, 0.6) is 0 Å². The highest BCUT2D eigenvalue weighted by Gasteiger charge is 2.18. The maximum absolute atomic E-state index is 11.4. The van der Waals surface area contributed by atoms with Crippen molar-refractivity contribution in [2.75, 3.05) is 0 Å². The van der Waals surface area contributed by atoms with Crippen LogP contribution in [-0.2, 0) is 0 Å². The molecule has 0 bridgehead atoms. The molecule has 0 spiro atoms. The lowest BCUT2D eigenvalue weighted by molar-refractivity contribution is 0.0692. The first-order chi connectivity index (χ1) is 11.7. The van der Waals surface area contributed by atoms with E-state index < -0.39 is 5.97 Å². The fraction of sp³-hybridized carbons (Fsp3) is 0. The van der Waals surface area contributed by atoms with Gasteiger partial charge in [-0.2, -0.15) is 0 Å². The van der Waals surface area contributed by atoms with E-state index in [1.807, 2.05) is 24.3 Å². The van der Waals surface area contributed by atoms with E-state index in [1.54, 1.807) is 41.1 Å². The number of carboxylic acid groups (broad SMARTS) is 1. The fourth-order valence-corrected chi connectivity index (χ4v) is 2.49. The molecule has 4 aromatic rings. The molecule has 1 aromatic carbocycles. The minimum absolute atomic E-state index is 0.141. The summed E-state index contributed by atoms with van der Waals surface area (Å²) in [6.45, 7) is 0. The van der Waals surface area contributed by atoms with Crippen molar-refractivity contribution in [3.8, 4) is 0 Å². The minimum Gasteiger partial charge on any atom is -0.476 e. The Balaban J connectivity index is 1.88. The van der Waals surface area contributed by atoms with Gasteiger partial charge in [0.15, 0.2) is 11.5 Å². The lowest BCUT2D eigenvalue weighted by atomic mass is 10.2. The van der Waals surface area contributed by atoms with Crippen molar-refractivity contribution in [2.24, 2.45) is 10.2 Å². The van der Waals surface area contributed by atoms with Crippen molar-refractivity contribution >= 4 is 34.0 Å². The SMILES string of the molecule is O=C(O)c1nc2ccccn2c1N=Nc1cccc2cccnc12. The molecule has 7 heteroatoms. The molecule has 24 heavy (non-hydrogen) atoms. The maximum Gasteiger partial charge on any atom is 0.358 e. The van der Waals surface area contributed by atoms with Crippen molar-refractivity contribution in [1.29, 1.82) is 0 Å². The molecule has 0 saturated carbocycles. The predicted octanol–water partition coefficient (Wildman–Crippen LogP) is 4.00. The molecule has 3 aromatic heterocycles. The lowest BCUT2D eigenvalue weighted by Gasteiger charge is -1.99. The van der Waals surface area contributed by atoms with Crippen molar-refractivity contribution < 1.29 is 9.90 Å². The number of pyridine rings is 2. The Labute approximate surface area is 135 Å². The summed E-state index contributed by atoms with van der Waals surface area (Å²) >= 11 is 0. The van der Waals surface area contributed by atoms with Crippen molar-refractivity contribution in [1.82, 2.24) is 14.4 Å². The molecular formula is C17H11N5O2. The van der Waals surface area contributed by atoms with Gasteiger partial charge in [0.1, 0.15) is 11.3 Å². The van der Waals surface area contributed by atoms with Crippen LogP contribution in [0.3, 0.4) is 0 Å². The van der Waals surface area contributed by atoms with E-state index in [4.69, 9.17) is 0 Å². The lowest BCUT2D eigenvalue weighted by Crippen LogP contribution is -1.96. The Kier molecular flexibility index (Phi) is 3.24. The summed E-state index contributed by atoms with van der Waals surface area (Å²) in [5, 5.41) is 18.6. The smallest absolute Gasteiger partial charge is 0.358 e. The van der Waals surface area contributed by atoms with Gasteiger partial charge >= 0.3 is 5.97 Å². The van der Waals surface area contributed by atoms with E-state index in [2.05, 4.69) is 20.2 Å². The van der Waals surface area contributed by atoms with E-state index in [1.165, 1.54) is 0 Å². The monoisotopic (exact) mass is 317 g/mol. The number of rotatable bonds is 3. The molecule has 3 heterocycles. The summed E-state index contributed by atoms with van der Waals surface area (Å²) in [7, 11) is 0. The molecule has 7 nitrogen and oxygen atoms in total. The normalized spacial score (nSPS) is 11.5. The molecule has 0 unspecified atom stereocenters. The third kappa shape index (κ3) is 2.28. The number of benzene rings is 1. The van der Waals surface area contributed by atoms with Gasteiger partial charge in [-0.3, -0.25) is 9.38 Å². The number of nitrogens with zero attached hydrogens (tertiary/aromatic N) is 5. The Hall–Kier alpha value is -3.61. The topological polar surface area (TPSA) is 92.2 Å². The molecule has 0 aliphatic heterocycles. The predicted molar refractivity (Wildman–Crippen MR) is 88.1 cm³/mol. The van der Waals surface area contributed by atoms with Gasteiger partial charge in [-0.25, -0.2) is 9.78 Å². The van der Waals surface area contributed by atoms with Crippen molar-refractivity contribution in [2.45, 2.75) is 0 Å². The van der Waals surface area contributed by atoms with E-state index in [9.17, 15) is 9.90 Å². The first-order valence-corrected chi connectivity index (χ1v) is 7.20. The van der Waals surface area contributed by atoms with Gasteiger partial charge in [0.2, 0.25) is 0 Å². The van der Waals surface area contributed by atoms with Gasteiger partial charge in [0.05, 0.1) is 5.52 Å². The van der Waals surface area contributed by atoms with Gasteiger partial charge in [0, 0.05) is 17.8 Å². The van der Waals surface area contributed by atoms with Crippen LogP contribution in [0.15, 0.2) is 71.2 Å². The number of imidazole rings is 1. The molecule has 0 aliphatic carbocycles.